The molecule has 1 amide bonds. The van der Waals surface area contributed by atoms with Gasteiger partial charge in [-0.2, -0.15) is 5.10 Å². The summed E-state index contributed by atoms with van der Waals surface area (Å²) in [6, 6.07) is 17.0. The summed E-state index contributed by atoms with van der Waals surface area (Å²) in [5.41, 5.74) is 6.45. The molecule has 4 heteroatoms. The van der Waals surface area contributed by atoms with Crippen LogP contribution < -0.4 is 5.43 Å². The molecule has 2 aliphatic rings. The van der Waals surface area contributed by atoms with E-state index < -0.39 is 0 Å². The highest BCUT2D eigenvalue weighted by atomic mass is 16.2. The SMILES string of the molecule is O=C(NN=Cc1cccc2cnccc12)C1CC1c1ccc(C2CCCCC2)cc1. The summed E-state index contributed by atoms with van der Waals surface area (Å²) in [6.45, 7) is 0. The van der Waals surface area contributed by atoms with Gasteiger partial charge in [0.2, 0.25) is 5.91 Å². The first-order valence-corrected chi connectivity index (χ1v) is 11.0. The number of hydrazone groups is 1. The molecule has 0 bridgehead atoms. The molecule has 5 rings (SSSR count). The molecule has 2 aliphatic carbocycles. The Morgan fingerprint density at radius 3 is 2.63 bits per heavy atom. The molecule has 2 unspecified atom stereocenters. The molecule has 0 radical (unpaired) electrons. The standard InChI is InChI=1S/C26H27N3O/c30-26(29-28-17-22-8-4-7-21-16-27-14-13-23(21)22)25-15-24(25)20-11-9-19(10-12-20)18-5-2-1-3-6-18/h4,7-14,16-18,24-25H,1-3,5-6,15H2,(H,29,30). The monoisotopic (exact) mass is 397 g/mol. The molecule has 0 saturated heterocycles. The lowest BCUT2D eigenvalue weighted by Crippen LogP contribution is -2.20. The third-order valence-corrected chi connectivity index (χ3v) is 6.66. The summed E-state index contributed by atoms with van der Waals surface area (Å²) >= 11 is 0. The predicted octanol–water partition coefficient (Wildman–Crippen LogP) is 5.54. The zero-order valence-corrected chi connectivity index (χ0v) is 17.1. The number of amides is 1. The molecule has 0 spiro atoms. The molecule has 1 aromatic heterocycles. The van der Waals surface area contributed by atoms with Crippen LogP contribution in [0.3, 0.4) is 0 Å². The smallest absolute Gasteiger partial charge is 0.243 e. The van der Waals surface area contributed by atoms with Crippen molar-refractivity contribution in [3.63, 3.8) is 0 Å². The van der Waals surface area contributed by atoms with Crippen molar-refractivity contribution in [3.8, 4) is 0 Å². The van der Waals surface area contributed by atoms with Crippen molar-refractivity contribution < 1.29 is 4.79 Å². The average Bonchev–Trinajstić information content (AvgIpc) is 3.61. The summed E-state index contributed by atoms with van der Waals surface area (Å²) in [4.78, 5) is 16.7. The quantitative estimate of drug-likeness (QED) is 0.454. The Hall–Kier alpha value is -3.01. The van der Waals surface area contributed by atoms with Crippen molar-refractivity contribution >= 4 is 22.9 Å². The van der Waals surface area contributed by atoms with Crippen molar-refractivity contribution in [1.82, 2.24) is 10.4 Å². The van der Waals surface area contributed by atoms with Crippen LogP contribution in [0, 0.1) is 5.92 Å². The lowest BCUT2D eigenvalue weighted by Gasteiger charge is -2.22. The zero-order chi connectivity index (χ0) is 20.3. The maximum absolute atomic E-state index is 12.5. The van der Waals surface area contributed by atoms with Gasteiger partial charge in [-0.05, 0) is 53.7 Å². The number of aromatic nitrogens is 1. The van der Waals surface area contributed by atoms with Gasteiger partial charge >= 0.3 is 0 Å². The Labute approximate surface area is 177 Å². The minimum atomic E-state index is 0.00881. The van der Waals surface area contributed by atoms with Crippen LogP contribution in [0.15, 0.2) is 66.0 Å². The van der Waals surface area contributed by atoms with Crippen LogP contribution in [0.25, 0.3) is 10.8 Å². The number of nitrogens with one attached hydrogen (secondary N) is 1. The van der Waals surface area contributed by atoms with Crippen LogP contribution in [0.1, 0.15) is 67.1 Å². The Bertz CT molecular complexity index is 1060. The van der Waals surface area contributed by atoms with E-state index in [1.54, 1.807) is 12.4 Å². The van der Waals surface area contributed by atoms with Crippen LogP contribution >= 0.6 is 0 Å². The van der Waals surface area contributed by atoms with Gasteiger partial charge in [0.15, 0.2) is 0 Å². The zero-order valence-electron chi connectivity index (χ0n) is 17.1. The molecular formula is C26H27N3O. The minimum absolute atomic E-state index is 0.00881. The van der Waals surface area contributed by atoms with Crippen molar-refractivity contribution in [2.24, 2.45) is 11.0 Å². The van der Waals surface area contributed by atoms with E-state index in [2.05, 4.69) is 39.8 Å². The fourth-order valence-corrected chi connectivity index (χ4v) is 4.81. The lowest BCUT2D eigenvalue weighted by molar-refractivity contribution is -0.122. The lowest BCUT2D eigenvalue weighted by atomic mass is 9.84. The molecule has 2 aromatic carbocycles. The van der Waals surface area contributed by atoms with Gasteiger partial charge in [0, 0.05) is 29.3 Å². The molecule has 0 aliphatic heterocycles. The first kappa shape index (κ1) is 19.0. The number of hydrogen-bond acceptors (Lipinski definition) is 3. The second-order valence-corrected chi connectivity index (χ2v) is 8.63. The van der Waals surface area contributed by atoms with Crippen LogP contribution in [0.5, 0.6) is 0 Å². The Kier molecular flexibility index (Phi) is 5.31. The van der Waals surface area contributed by atoms with Crippen molar-refractivity contribution in [3.05, 3.63) is 77.6 Å². The highest BCUT2D eigenvalue weighted by Gasteiger charge is 2.43. The molecule has 4 nitrogen and oxygen atoms in total. The first-order valence-electron chi connectivity index (χ1n) is 11.0. The average molecular weight is 398 g/mol. The van der Waals surface area contributed by atoms with Crippen molar-refractivity contribution in [2.45, 2.75) is 50.4 Å². The van der Waals surface area contributed by atoms with Gasteiger partial charge in [-0.25, -0.2) is 5.43 Å². The second kappa shape index (κ2) is 8.39. The number of fused-ring (bicyclic) bond motifs is 1. The van der Waals surface area contributed by atoms with Gasteiger partial charge in [0.1, 0.15) is 0 Å². The van der Waals surface area contributed by atoms with Gasteiger partial charge in [-0.15, -0.1) is 0 Å². The molecule has 2 saturated carbocycles. The van der Waals surface area contributed by atoms with Crippen LogP contribution in [0.4, 0.5) is 0 Å². The van der Waals surface area contributed by atoms with E-state index in [0.717, 1.165) is 28.7 Å². The Balaban J connectivity index is 1.18. The van der Waals surface area contributed by atoms with E-state index in [1.165, 1.54) is 43.2 Å². The molecular weight excluding hydrogens is 370 g/mol. The van der Waals surface area contributed by atoms with Crippen LogP contribution in [-0.4, -0.2) is 17.1 Å². The first-order chi connectivity index (χ1) is 14.8. The Morgan fingerprint density at radius 2 is 1.80 bits per heavy atom. The van der Waals surface area contributed by atoms with Gasteiger partial charge in [0.05, 0.1) is 6.21 Å². The number of rotatable bonds is 5. The third-order valence-electron chi connectivity index (χ3n) is 6.66. The highest BCUT2D eigenvalue weighted by Crippen LogP contribution is 2.48. The summed E-state index contributed by atoms with van der Waals surface area (Å²) in [6.07, 6.45) is 13.0. The van der Waals surface area contributed by atoms with Crippen molar-refractivity contribution in [1.29, 1.82) is 0 Å². The fraction of sp³-hybridized carbons (Fsp3) is 0.346. The van der Waals surface area contributed by atoms with E-state index in [1.807, 2.05) is 30.5 Å². The number of carbonyl (C=O) groups excluding carboxylic acids is 1. The summed E-state index contributed by atoms with van der Waals surface area (Å²) < 4.78 is 0. The number of hydrogen-bond donors (Lipinski definition) is 1. The van der Waals surface area contributed by atoms with Crippen LogP contribution in [-0.2, 0) is 4.79 Å². The molecule has 152 valence electrons. The largest absolute Gasteiger partial charge is 0.273 e. The third kappa shape index (κ3) is 4.00. The summed E-state index contributed by atoms with van der Waals surface area (Å²) in [5, 5.41) is 6.35. The molecule has 1 heterocycles. The van der Waals surface area contributed by atoms with Crippen LogP contribution in [0.2, 0.25) is 0 Å². The number of benzene rings is 2. The van der Waals surface area contributed by atoms with E-state index in [9.17, 15) is 4.79 Å². The van der Waals surface area contributed by atoms with E-state index in [0.29, 0.717) is 5.92 Å². The maximum atomic E-state index is 12.5. The Morgan fingerprint density at radius 1 is 1.00 bits per heavy atom. The topological polar surface area (TPSA) is 54.4 Å². The van der Waals surface area contributed by atoms with Gasteiger partial charge in [-0.3, -0.25) is 9.78 Å². The normalized spacial score (nSPS) is 21.7. The number of nitrogens with zero attached hydrogens (tertiary/aromatic N) is 2. The van der Waals surface area contributed by atoms with E-state index in [-0.39, 0.29) is 11.8 Å². The van der Waals surface area contributed by atoms with Crippen molar-refractivity contribution in [2.75, 3.05) is 0 Å². The molecule has 2 atom stereocenters. The highest BCUT2D eigenvalue weighted by molar-refractivity contribution is 5.99. The molecule has 3 aromatic rings. The summed E-state index contributed by atoms with van der Waals surface area (Å²) in [5.74, 6) is 1.09. The predicted molar refractivity (Wildman–Crippen MR) is 121 cm³/mol. The summed E-state index contributed by atoms with van der Waals surface area (Å²) in [7, 11) is 0. The number of pyridine rings is 1. The molecule has 30 heavy (non-hydrogen) atoms. The molecule has 1 N–H and O–H groups in total. The van der Waals surface area contributed by atoms with E-state index >= 15 is 0 Å². The maximum Gasteiger partial charge on any atom is 0.243 e. The fourth-order valence-electron chi connectivity index (χ4n) is 4.81. The van der Waals surface area contributed by atoms with Gasteiger partial charge in [-0.1, -0.05) is 61.7 Å². The molecule has 2 fully saturated rings. The van der Waals surface area contributed by atoms with E-state index in [4.69, 9.17) is 0 Å². The van der Waals surface area contributed by atoms with Gasteiger partial charge in [0.25, 0.3) is 0 Å². The minimum Gasteiger partial charge on any atom is -0.273 e. The van der Waals surface area contributed by atoms with Gasteiger partial charge < -0.3 is 0 Å². The number of carbonyl (C=O) groups is 1. The second-order valence-electron chi connectivity index (χ2n) is 8.63.